The van der Waals surface area contributed by atoms with E-state index in [1.165, 1.54) is 30.3 Å². The van der Waals surface area contributed by atoms with Crippen molar-refractivity contribution in [2.45, 2.75) is 6.04 Å². The van der Waals surface area contributed by atoms with E-state index in [0.29, 0.717) is 11.0 Å². The lowest BCUT2D eigenvalue weighted by Crippen LogP contribution is -2.20. The predicted molar refractivity (Wildman–Crippen MR) is 122 cm³/mol. The molecule has 33 heavy (non-hydrogen) atoms. The van der Waals surface area contributed by atoms with Crippen LogP contribution in [0.15, 0.2) is 78.9 Å². The Morgan fingerprint density at radius 1 is 1.00 bits per heavy atom. The molecule has 1 aliphatic heterocycles. The number of hydrogen-bond acceptors (Lipinski definition) is 4. The first-order valence-corrected chi connectivity index (χ1v) is 10.4. The fourth-order valence-electron chi connectivity index (χ4n) is 3.56. The summed E-state index contributed by atoms with van der Waals surface area (Å²) in [5, 5.41) is 10.7. The molecule has 1 atom stereocenters. The van der Waals surface area contributed by atoms with Crippen molar-refractivity contribution in [2.24, 2.45) is 0 Å². The van der Waals surface area contributed by atoms with Gasteiger partial charge in [-0.3, -0.25) is 10.1 Å². The topological polar surface area (TPSA) is 71.8 Å². The van der Waals surface area contributed by atoms with Gasteiger partial charge >= 0.3 is 0 Å². The number of rotatable bonds is 4. The van der Waals surface area contributed by atoms with Gasteiger partial charge in [0.25, 0.3) is 11.9 Å². The maximum Gasteiger partial charge on any atom is 0.261 e. The summed E-state index contributed by atoms with van der Waals surface area (Å²) < 4.78 is 29.1. The Bertz CT molecular complexity index is 1370. The summed E-state index contributed by atoms with van der Waals surface area (Å²) in [7, 11) is 0. The average molecular weight is 464 g/mol. The summed E-state index contributed by atoms with van der Waals surface area (Å²) in [5.41, 5.74) is 2.25. The van der Waals surface area contributed by atoms with Gasteiger partial charge in [-0.15, -0.1) is 5.10 Å². The highest BCUT2D eigenvalue weighted by molar-refractivity contribution is 6.30. The number of hydrogen-bond donors (Lipinski definition) is 2. The first-order valence-electron chi connectivity index (χ1n) is 10.0. The molecule has 1 aliphatic rings. The summed E-state index contributed by atoms with van der Waals surface area (Å²) >= 11 is 6.02. The van der Waals surface area contributed by atoms with Crippen LogP contribution in [0.25, 0.3) is 5.70 Å². The number of aromatic nitrogens is 3. The number of carbonyl (C=O) groups is 1. The van der Waals surface area contributed by atoms with E-state index in [-0.39, 0.29) is 17.3 Å². The van der Waals surface area contributed by atoms with Crippen molar-refractivity contribution in [3.8, 4) is 0 Å². The van der Waals surface area contributed by atoms with Crippen LogP contribution in [-0.2, 0) is 0 Å². The Kier molecular flexibility index (Phi) is 5.35. The molecule has 5 rings (SSSR count). The van der Waals surface area contributed by atoms with Crippen molar-refractivity contribution in [3.63, 3.8) is 0 Å². The Morgan fingerprint density at radius 2 is 1.73 bits per heavy atom. The molecule has 1 aromatic heterocycles. The zero-order valence-electron chi connectivity index (χ0n) is 17.0. The average Bonchev–Trinajstić information content (AvgIpc) is 3.22. The van der Waals surface area contributed by atoms with Gasteiger partial charge in [0, 0.05) is 10.7 Å². The molecule has 0 unspecified atom stereocenters. The fraction of sp³-hybridized carbons (Fsp3) is 0.0417. The van der Waals surface area contributed by atoms with Crippen LogP contribution in [-0.4, -0.2) is 20.7 Å². The standard InChI is InChI=1S/C24H16ClF2N5O/c25-16-9-5-14(6-10-16)20-13-21(15-7-11-17(26)12-8-15)32-24(28-20)30-23(31-32)29-22(33)18-3-1-2-4-19(18)27/h1-13,21H,(H2,28,29,30,31,33)/t21-/m0/s1. The highest BCUT2D eigenvalue weighted by atomic mass is 35.5. The van der Waals surface area contributed by atoms with Gasteiger partial charge in [0.2, 0.25) is 5.95 Å². The summed E-state index contributed by atoms with van der Waals surface area (Å²) in [4.78, 5) is 16.9. The zero-order chi connectivity index (χ0) is 22.9. The second kappa shape index (κ2) is 8.48. The molecule has 3 aromatic carbocycles. The molecule has 0 saturated carbocycles. The highest BCUT2D eigenvalue weighted by Crippen LogP contribution is 2.33. The van der Waals surface area contributed by atoms with E-state index in [4.69, 9.17) is 11.6 Å². The van der Waals surface area contributed by atoms with Gasteiger partial charge in [-0.2, -0.15) is 4.98 Å². The number of anilines is 2. The van der Waals surface area contributed by atoms with Crippen LogP contribution in [0.1, 0.15) is 27.5 Å². The molecular formula is C24H16ClF2N5O. The summed E-state index contributed by atoms with van der Waals surface area (Å²) in [5.74, 6) is -1.30. The fourth-order valence-corrected chi connectivity index (χ4v) is 3.68. The molecular weight excluding hydrogens is 448 g/mol. The molecule has 0 bridgehead atoms. The lowest BCUT2D eigenvalue weighted by molar-refractivity contribution is 0.102. The van der Waals surface area contributed by atoms with Gasteiger partial charge < -0.3 is 5.32 Å². The van der Waals surface area contributed by atoms with Gasteiger partial charge in [-0.05, 0) is 53.6 Å². The first kappa shape index (κ1) is 20.8. The van der Waals surface area contributed by atoms with Crippen LogP contribution < -0.4 is 10.6 Å². The van der Waals surface area contributed by atoms with E-state index in [1.807, 2.05) is 18.2 Å². The van der Waals surface area contributed by atoms with Crippen molar-refractivity contribution in [1.29, 1.82) is 0 Å². The van der Waals surface area contributed by atoms with Gasteiger partial charge in [0.15, 0.2) is 0 Å². The first-order chi connectivity index (χ1) is 16.0. The van der Waals surface area contributed by atoms with E-state index < -0.39 is 17.8 Å². The third kappa shape index (κ3) is 4.20. The van der Waals surface area contributed by atoms with Crippen LogP contribution >= 0.6 is 11.6 Å². The predicted octanol–water partition coefficient (Wildman–Crippen LogP) is 5.52. The Balaban J connectivity index is 1.52. The molecule has 0 spiro atoms. The number of allylic oxidation sites excluding steroid dienone is 1. The molecule has 9 heteroatoms. The Morgan fingerprint density at radius 3 is 2.45 bits per heavy atom. The molecule has 0 fully saturated rings. The van der Waals surface area contributed by atoms with E-state index in [1.54, 1.807) is 35.0 Å². The van der Waals surface area contributed by atoms with E-state index >= 15 is 0 Å². The third-order valence-electron chi connectivity index (χ3n) is 5.18. The molecule has 6 nitrogen and oxygen atoms in total. The smallest absolute Gasteiger partial charge is 0.261 e. The second-order valence-electron chi connectivity index (χ2n) is 7.35. The van der Waals surface area contributed by atoms with Crippen LogP contribution in [0.4, 0.5) is 20.7 Å². The summed E-state index contributed by atoms with van der Waals surface area (Å²) in [6, 6.07) is 18.5. The molecule has 2 heterocycles. The van der Waals surface area contributed by atoms with Gasteiger partial charge in [0.05, 0.1) is 5.56 Å². The normalized spacial score (nSPS) is 14.8. The molecule has 164 valence electrons. The number of carbonyl (C=O) groups excluding carboxylic acids is 1. The van der Waals surface area contributed by atoms with Crippen molar-refractivity contribution in [1.82, 2.24) is 14.8 Å². The SMILES string of the molecule is O=C(Nc1nc2n(n1)[C@H](c1ccc(F)cc1)C=C(c1ccc(Cl)cc1)N2)c1ccccc1F. The Hall–Kier alpha value is -4.04. The maximum atomic E-state index is 14.0. The molecule has 1 amide bonds. The lowest BCUT2D eigenvalue weighted by Gasteiger charge is -2.24. The largest absolute Gasteiger partial charge is 0.324 e. The number of amides is 1. The van der Waals surface area contributed by atoms with Crippen LogP contribution in [0, 0.1) is 11.6 Å². The minimum Gasteiger partial charge on any atom is -0.324 e. The van der Waals surface area contributed by atoms with E-state index in [2.05, 4.69) is 20.7 Å². The number of nitrogens with zero attached hydrogens (tertiary/aromatic N) is 3. The molecule has 2 N–H and O–H groups in total. The molecule has 0 aliphatic carbocycles. The number of fused-ring (bicyclic) bond motifs is 1. The monoisotopic (exact) mass is 463 g/mol. The number of benzene rings is 3. The van der Waals surface area contributed by atoms with Gasteiger partial charge in [-0.25, -0.2) is 13.5 Å². The van der Waals surface area contributed by atoms with Crippen molar-refractivity contribution in [3.05, 3.63) is 112 Å². The minimum absolute atomic E-state index is 0.00335. The van der Waals surface area contributed by atoms with Crippen LogP contribution in [0.5, 0.6) is 0 Å². The highest BCUT2D eigenvalue weighted by Gasteiger charge is 2.26. The minimum atomic E-state index is -0.666. The molecule has 0 radical (unpaired) electrons. The molecule has 4 aromatic rings. The van der Waals surface area contributed by atoms with Gasteiger partial charge in [0.1, 0.15) is 17.7 Å². The van der Waals surface area contributed by atoms with Crippen molar-refractivity contribution >= 4 is 35.1 Å². The number of halogens is 3. The zero-order valence-corrected chi connectivity index (χ0v) is 17.7. The lowest BCUT2D eigenvalue weighted by atomic mass is 10.0. The van der Waals surface area contributed by atoms with Crippen LogP contribution in [0.3, 0.4) is 0 Å². The summed E-state index contributed by atoms with van der Waals surface area (Å²) in [6.45, 7) is 0. The Labute approximate surface area is 192 Å². The summed E-state index contributed by atoms with van der Waals surface area (Å²) in [6.07, 6.45) is 1.92. The maximum absolute atomic E-state index is 14.0. The van der Waals surface area contributed by atoms with Crippen molar-refractivity contribution < 1.29 is 13.6 Å². The second-order valence-corrected chi connectivity index (χ2v) is 7.78. The number of nitrogens with one attached hydrogen (secondary N) is 2. The molecule has 0 saturated heterocycles. The van der Waals surface area contributed by atoms with E-state index in [0.717, 1.165) is 16.8 Å². The van der Waals surface area contributed by atoms with Crippen molar-refractivity contribution in [2.75, 3.05) is 10.6 Å². The quantitative estimate of drug-likeness (QED) is 0.418. The van der Waals surface area contributed by atoms with Gasteiger partial charge in [-0.1, -0.05) is 48.0 Å². The van der Waals surface area contributed by atoms with Crippen LogP contribution in [0.2, 0.25) is 5.02 Å². The van der Waals surface area contributed by atoms with E-state index in [9.17, 15) is 13.6 Å². The third-order valence-corrected chi connectivity index (χ3v) is 5.43.